The number of rotatable bonds is 4. The van der Waals surface area contributed by atoms with Gasteiger partial charge in [0.2, 0.25) is 5.91 Å². The van der Waals surface area contributed by atoms with E-state index in [4.69, 9.17) is 0 Å². The first-order valence-electron chi connectivity index (χ1n) is 11.5. The summed E-state index contributed by atoms with van der Waals surface area (Å²) in [5, 5.41) is 20.0. The summed E-state index contributed by atoms with van der Waals surface area (Å²) in [4.78, 5) is 28.6. The van der Waals surface area contributed by atoms with Crippen molar-refractivity contribution < 1.29 is 19.8 Å². The standard InChI is InChI=1S/C26H35NO4S/c1-16-6-11-21(17(2)14-16)24(29)27(18-7-9-19(28)10-8-18)22-15-20(12-13-26(3,4)5)32-23(22)25(30)31/h6,15,17-19,21,28H,7-11,14H2,1-5H3,(H,30,31)/t17-,18?,19?,21?/m0/s1. The van der Waals surface area contributed by atoms with E-state index in [1.165, 1.54) is 5.57 Å². The number of aromatic carboxylic acids is 1. The van der Waals surface area contributed by atoms with Crippen molar-refractivity contribution in [1.82, 2.24) is 0 Å². The summed E-state index contributed by atoms with van der Waals surface area (Å²) >= 11 is 1.14. The molecule has 5 nitrogen and oxygen atoms in total. The van der Waals surface area contributed by atoms with Gasteiger partial charge in [0.05, 0.1) is 16.7 Å². The Morgan fingerprint density at radius 1 is 1.19 bits per heavy atom. The van der Waals surface area contributed by atoms with Gasteiger partial charge in [0.1, 0.15) is 4.88 Å². The zero-order valence-electron chi connectivity index (χ0n) is 19.8. The highest BCUT2D eigenvalue weighted by Gasteiger charge is 2.38. The lowest BCUT2D eigenvalue weighted by molar-refractivity contribution is -0.124. The Hall–Kier alpha value is -2.10. The molecule has 174 valence electrons. The lowest BCUT2D eigenvalue weighted by atomic mass is 9.79. The molecular weight excluding hydrogens is 422 g/mol. The molecule has 2 aliphatic rings. The van der Waals surface area contributed by atoms with Gasteiger partial charge >= 0.3 is 5.97 Å². The van der Waals surface area contributed by atoms with Crippen molar-refractivity contribution >= 4 is 28.9 Å². The lowest BCUT2D eigenvalue weighted by Gasteiger charge is -2.39. The van der Waals surface area contributed by atoms with Crippen LogP contribution in [0.1, 0.15) is 87.7 Å². The van der Waals surface area contributed by atoms with Crippen molar-refractivity contribution in [2.24, 2.45) is 17.3 Å². The summed E-state index contributed by atoms with van der Waals surface area (Å²) < 4.78 is 0. The molecule has 1 aromatic heterocycles. The number of thiophene rings is 1. The average molecular weight is 458 g/mol. The van der Waals surface area contributed by atoms with Crippen LogP contribution in [-0.4, -0.2) is 34.2 Å². The Kier molecular flexibility index (Phi) is 7.52. The number of carboxylic acids is 1. The van der Waals surface area contributed by atoms with Gasteiger partial charge in [-0.2, -0.15) is 0 Å². The number of allylic oxidation sites excluding steroid dienone is 2. The second kappa shape index (κ2) is 9.80. The van der Waals surface area contributed by atoms with E-state index in [1.54, 1.807) is 11.0 Å². The molecule has 2 N–H and O–H groups in total. The molecule has 1 fully saturated rings. The third kappa shape index (κ3) is 5.82. The summed E-state index contributed by atoms with van der Waals surface area (Å²) in [7, 11) is 0. The first-order chi connectivity index (χ1) is 15.0. The van der Waals surface area contributed by atoms with E-state index in [0.717, 1.165) is 17.8 Å². The minimum atomic E-state index is -1.03. The third-order valence-electron chi connectivity index (χ3n) is 6.36. The summed E-state index contributed by atoms with van der Waals surface area (Å²) in [6, 6.07) is 1.67. The van der Waals surface area contributed by atoms with E-state index >= 15 is 0 Å². The fourth-order valence-electron chi connectivity index (χ4n) is 4.65. The van der Waals surface area contributed by atoms with Crippen LogP contribution in [-0.2, 0) is 4.79 Å². The number of aliphatic hydroxyl groups excluding tert-OH is 1. The number of amides is 1. The van der Waals surface area contributed by atoms with Crippen LogP contribution >= 0.6 is 11.3 Å². The number of nitrogens with zero attached hydrogens (tertiary/aromatic N) is 1. The summed E-state index contributed by atoms with van der Waals surface area (Å²) in [6.45, 7) is 10.2. The monoisotopic (exact) mass is 457 g/mol. The van der Waals surface area contributed by atoms with Crippen LogP contribution in [0.4, 0.5) is 5.69 Å². The van der Waals surface area contributed by atoms with Gasteiger partial charge in [0, 0.05) is 17.4 Å². The van der Waals surface area contributed by atoms with E-state index in [0.29, 0.717) is 42.7 Å². The number of carboxylic acid groups (broad SMARTS) is 1. The molecule has 2 atom stereocenters. The summed E-state index contributed by atoms with van der Waals surface area (Å²) in [5.74, 6) is 5.29. The molecule has 1 amide bonds. The van der Waals surface area contributed by atoms with Crippen LogP contribution < -0.4 is 4.90 Å². The fourth-order valence-corrected chi connectivity index (χ4v) is 5.49. The van der Waals surface area contributed by atoms with Crippen LogP contribution in [0.2, 0.25) is 0 Å². The van der Waals surface area contributed by atoms with Crippen molar-refractivity contribution in [2.45, 2.75) is 85.3 Å². The van der Waals surface area contributed by atoms with Gasteiger partial charge in [-0.25, -0.2) is 4.79 Å². The summed E-state index contributed by atoms with van der Waals surface area (Å²) in [5.41, 5.74) is 1.56. The molecule has 0 bridgehead atoms. The number of carbonyl (C=O) groups excluding carboxylic acids is 1. The van der Waals surface area contributed by atoms with Gasteiger partial charge in [-0.3, -0.25) is 4.79 Å². The Labute approximate surface area is 195 Å². The predicted octanol–water partition coefficient (Wildman–Crippen LogP) is 5.47. The fraction of sp³-hybridized carbons (Fsp3) is 0.615. The van der Waals surface area contributed by atoms with Gasteiger partial charge in [-0.05, 0) is 78.2 Å². The van der Waals surface area contributed by atoms with Gasteiger partial charge in [-0.15, -0.1) is 11.3 Å². The van der Waals surface area contributed by atoms with Crippen LogP contribution in [0.5, 0.6) is 0 Å². The third-order valence-corrected chi connectivity index (χ3v) is 7.39. The van der Waals surface area contributed by atoms with E-state index in [9.17, 15) is 19.8 Å². The largest absolute Gasteiger partial charge is 0.477 e. The van der Waals surface area contributed by atoms with Crippen molar-refractivity contribution in [3.05, 3.63) is 27.5 Å². The van der Waals surface area contributed by atoms with E-state index < -0.39 is 5.97 Å². The Morgan fingerprint density at radius 3 is 2.41 bits per heavy atom. The molecule has 3 rings (SSSR count). The maximum Gasteiger partial charge on any atom is 0.348 e. The van der Waals surface area contributed by atoms with Crippen LogP contribution in [0, 0.1) is 29.1 Å². The number of aliphatic hydroxyl groups is 1. The second-order valence-electron chi connectivity index (χ2n) is 10.4. The number of anilines is 1. The van der Waals surface area contributed by atoms with Gasteiger partial charge in [0.25, 0.3) is 0 Å². The SMILES string of the molecule is CC1=CCC(C(=O)N(c2cc(C#CC(C)(C)C)sc2C(=O)O)C2CCC(O)CC2)[C@@H](C)C1. The van der Waals surface area contributed by atoms with Crippen molar-refractivity contribution in [1.29, 1.82) is 0 Å². The Bertz CT molecular complexity index is 951. The van der Waals surface area contributed by atoms with E-state index in [1.807, 2.05) is 20.8 Å². The molecule has 1 heterocycles. The maximum absolute atomic E-state index is 13.9. The minimum Gasteiger partial charge on any atom is -0.477 e. The van der Waals surface area contributed by atoms with Gasteiger partial charge < -0.3 is 15.1 Å². The molecule has 1 aromatic rings. The van der Waals surface area contributed by atoms with Crippen LogP contribution in [0.25, 0.3) is 0 Å². The normalized spacial score (nSPS) is 26.0. The highest BCUT2D eigenvalue weighted by molar-refractivity contribution is 7.15. The number of hydrogen-bond acceptors (Lipinski definition) is 4. The Balaban J connectivity index is 2.04. The van der Waals surface area contributed by atoms with Crippen molar-refractivity contribution in [3.8, 4) is 11.8 Å². The molecule has 6 heteroatoms. The van der Waals surface area contributed by atoms with Gasteiger partial charge in [-0.1, -0.05) is 30.4 Å². The van der Waals surface area contributed by atoms with E-state index in [2.05, 4.69) is 31.8 Å². The lowest BCUT2D eigenvalue weighted by Crippen LogP contribution is -2.48. The van der Waals surface area contributed by atoms with Crippen molar-refractivity contribution in [3.63, 3.8) is 0 Å². The molecule has 0 radical (unpaired) electrons. The average Bonchev–Trinajstić information content (AvgIpc) is 3.12. The zero-order valence-corrected chi connectivity index (χ0v) is 20.6. The quantitative estimate of drug-likeness (QED) is 0.464. The van der Waals surface area contributed by atoms with Crippen LogP contribution in [0.3, 0.4) is 0 Å². The topological polar surface area (TPSA) is 77.8 Å². The molecule has 0 aromatic carbocycles. The summed E-state index contributed by atoms with van der Waals surface area (Å²) in [6.07, 6.45) is 5.93. The van der Waals surface area contributed by atoms with Crippen LogP contribution in [0.15, 0.2) is 17.7 Å². The number of carbonyl (C=O) groups is 2. The zero-order chi connectivity index (χ0) is 23.6. The molecule has 1 unspecified atom stereocenters. The van der Waals surface area contributed by atoms with E-state index in [-0.39, 0.29) is 40.2 Å². The minimum absolute atomic E-state index is 0.00160. The second-order valence-corrected chi connectivity index (χ2v) is 11.4. The molecular formula is C26H35NO4S. The van der Waals surface area contributed by atoms with Gasteiger partial charge in [0.15, 0.2) is 0 Å². The first kappa shape index (κ1) is 24.5. The maximum atomic E-state index is 13.9. The predicted molar refractivity (Wildman–Crippen MR) is 129 cm³/mol. The molecule has 0 aliphatic heterocycles. The molecule has 32 heavy (non-hydrogen) atoms. The molecule has 0 spiro atoms. The molecule has 2 aliphatic carbocycles. The van der Waals surface area contributed by atoms with Crippen molar-refractivity contribution in [2.75, 3.05) is 4.90 Å². The molecule has 1 saturated carbocycles. The number of hydrogen-bond donors (Lipinski definition) is 2. The highest BCUT2D eigenvalue weighted by atomic mass is 32.1. The Morgan fingerprint density at radius 2 is 1.84 bits per heavy atom. The molecule has 0 saturated heterocycles. The first-order valence-corrected chi connectivity index (χ1v) is 12.3. The highest BCUT2D eigenvalue weighted by Crippen LogP contribution is 2.39. The smallest absolute Gasteiger partial charge is 0.348 e.